The van der Waals surface area contributed by atoms with Crippen LogP contribution in [0.15, 0.2) is 41.8 Å². The Hall–Kier alpha value is -1.93. The molecule has 1 fully saturated rings. The summed E-state index contributed by atoms with van der Waals surface area (Å²) >= 11 is 1.76. The van der Waals surface area contributed by atoms with Crippen LogP contribution >= 0.6 is 11.3 Å². The molecule has 32 heavy (non-hydrogen) atoms. The second-order valence-electron chi connectivity index (χ2n) is 8.67. The molecule has 0 spiro atoms. The summed E-state index contributed by atoms with van der Waals surface area (Å²) in [6.45, 7) is 5.35. The van der Waals surface area contributed by atoms with Gasteiger partial charge in [-0.25, -0.2) is 0 Å². The highest BCUT2D eigenvalue weighted by Gasteiger charge is 2.33. The van der Waals surface area contributed by atoms with E-state index in [1.54, 1.807) is 11.3 Å². The lowest BCUT2D eigenvalue weighted by Gasteiger charge is -2.37. The van der Waals surface area contributed by atoms with Crippen LogP contribution in [-0.2, 0) is 16.0 Å². The van der Waals surface area contributed by atoms with Gasteiger partial charge >= 0.3 is 0 Å². The van der Waals surface area contributed by atoms with Crippen LogP contribution in [0.2, 0.25) is 0 Å². The monoisotopic (exact) mass is 458 g/mol. The van der Waals surface area contributed by atoms with E-state index in [2.05, 4.69) is 16.3 Å². The summed E-state index contributed by atoms with van der Waals surface area (Å²) in [7, 11) is 0. The lowest BCUT2D eigenvalue weighted by molar-refractivity contribution is -0.136. The van der Waals surface area contributed by atoms with Crippen molar-refractivity contribution in [3.8, 4) is 5.75 Å². The second-order valence-corrected chi connectivity index (χ2v) is 9.67. The second kappa shape index (κ2) is 11.3. The van der Waals surface area contributed by atoms with Gasteiger partial charge in [0.05, 0.1) is 24.8 Å². The van der Waals surface area contributed by atoms with Gasteiger partial charge in [0.15, 0.2) is 0 Å². The maximum atomic E-state index is 13.5. The van der Waals surface area contributed by atoms with E-state index >= 15 is 0 Å². The number of amides is 1. The van der Waals surface area contributed by atoms with Crippen LogP contribution in [0.1, 0.15) is 42.7 Å². The van der Waals surface area contributed by atoms with Gasteiger partial charge in [-0.05, 0) is 54.8 Å². The Morgan fingerprint density at radius 1 is 1.34 bits per heavy atom. The van der Waals surface area contributed by atoms with Crippen molar-refractivity contribution in [2.24, 2.45) is 0 Å². The van der Waals surface area contributed by atoms with Gasteiger partial charge < -0.3 is 19.5 Å². The highest BCUT2D eigenvalue weighted by Crippen LogP contribution is 2.34. The third-order valence-corrected chi connectivity index (χ3v) is 7.35. The molecule has 0 radical (unpaired) electrons. The van der Waals surface area contributed by atoms with Gasteiger partial charge in [-0.1, -0.05) is 25.1 Å². The van der Waals surface area contributed by atoms with Crippen molar-refractivity contribution in [3.05, 3.63) is 52.2 Å². The van der Waals surface area contributed by atoms with E-state index in [4.69, 9.17) is 9.47 Å². The van der Waals surface area contributed by atoms with Crippen molar-refractivity contribution in [2.75, 3.05) is 39.4 Å². The number of rotatable bonds is 10. The van der Waals surface area contributed by atoms with E-state index in [1.807, 2.05) is 42.2 Å². The first-order valence-corrected chi connectivity index (χ1v) is 12.6. The highest BCUT2D eigenvalue weighted by molar-refractivity contribution is 7.10. The molecule has 0 bridgehead atoms. The number of aliphatic hydroxyl groups excluding tert-OH is 1. The average molecular weight is 459 g/mol. The van der Waals surface area contributed by atoms with Crippen LogP contribution in [0, 0.1) is 0 Å². The van der Waals surface area contributed by atoms with E-state index < -0.39 is 6.10 Å². The van der Waals surface area contributed by atoms with Crippen LogP contribution in [0.4, 0.5) is 0 Å². The number of ether oxygens (including phenoxy) is 2. The lowest BCUT2D eigenvalue weighted by atomic mass is 10.0. The molecule has 0 aliphatic carbocycles. The van der Waals surface area contributed by atoms with Crippen LogP contribution in [0.3, 0.4) is 0 Å². The maximum absolute atomic E-state index is 13.5. The summed E-state index contributed by atoms with van der Waals surface area (Å²) in [6.07, 6.45) is 3.34. The van der Waals surface area contributed by atoms with Gasteiger partial charge in [-0.15, -0.1) is 11.3 Å². The van der Waals surface area contributed by atoms with E-state index in [-0.39, 0.29) is 24.6 Å². The zero-order valence-corrected chi connectivity index (χ0v) is 19.6. The quantitative estimate of drug-likeness (QED) is 0.590. The van der Waals surface area contributed by atoms with E-state index in [0.717, 1.165) is 31.6 Å². The largest absolute Gasteiger partial charge is 0.491 e. The molecule has 1 aromatic heterocycles. The third-order valence-electron chi connectivity index (χ3n) is 6.35. The van der Waals surface area contributed by atoms with E-state index in [1.165, 1.54) is 10.4 Å². The molecule has 1 N–H and O–H groups in total. The summed E-state index contributed by atoms with van der Waals surface area (Å²) < 4.78 is 11.9. The fraction of sp³-hybridized carbons (Fsp3) is 0.560. The number of fused-ring (bicyclic) bond motifs is 1. The SMILES string of the molecule is CCC(O)CN(CC(=O)N1CCc2sccc2C1COc1ccccc1)CC1CCCO1. The van der Waals surface area contributed by atoms with Gasteiger partial charge in [-0.2, -0.15) is 0 Å². The third kappa shape index (κ3) is 5.90. The van der Waals surface area contributed by atoms with Crippen LogP contribution in [-0.4, -0.2) is 72.4 Å². The molecule has 0 saturated carbocycles. The van der Waals surface area contributed by atoms with Gasteiger partial charge in [0, 0.05) is 31.1 Å². The number of carbonyl (C=O) groups excluding carboxylic acids is 1. The highest BCUT2D eigenvalue weighted by atomic mass is 32.1. The molecule has 2 aliphatic rings. The number of carbonyl (C=O) groups is 1. The van der Waals surface area contributed by atoms with Gasteiger partial charge in [0.25, 0.3) is 0 Å². The number of para-hydroxylation sites is 1. The number of thiophene rings is 1. The Balaban J connectivity index is 1.46. The Morgan fingerprint density at radius 2 is 2.19 bits per heavy atom. The molecule has 4 rings (SSSR count). The Morgan fingerprint density at radius 3 is 2.94 bits per heavy atom. The molecule has 3 heterocycles. The van der Waals surface area contributed by atoms with Crippen LogP contribution < -0.4 is 4.74 Å². The van der Waals surface area contributed by atoms with Crippen molar-refractivity contribution in [1.82, 2.24) is 9.80 Å². The van der Waals surface area contributed by atoms with E-state index in [0.29, 0.717) is 32.7 Å². The van der Waals surface area contributed by atoms with Crippen molar-refractivity contribution in [3.63, 3.8) is 0 Å². The normalized spacial score (nSPS) is 21.5. The standard InChI is InChI=1S/C25H34N2O4S/c1-2-19(28)15-26(16-21-9-6-13-30-21)17-25(29)27-12-10-24-22(11-14-32-24)23(27)18-31-20-7-4-3-5-8-20/h3-5,7-8,11,14,19,21,23,28H,2,6,9-10,12-13,15-18H2,1H3. The van der Waals surface area contributed by atoms with Crippen molar-refractivity contribution >= 4 is 17.2 Å². The molecule has 1 aromatic carbocycles. The van der Waals surface area contributed by atoms with Crippen LogP contribution in [0.5, 0.6) is 5.75 Å². The van der Waals surface area contributed by atoms with Gasteiger partial charge in [-0.3, -0.25) is 9.69 Å². The predicted octanol–water partition coefficient (Wildman–Crippen LogP) is 3.50. The average Bonchev–Trinajstić information content (AvgIpc) is 3.49. The molecule has 1 amide bonds. The van der Waals surface area contributed by atoms with Gasteiger partial charge in [0.2, 0.25) is 5.91 Å². The number of hydrogen-bond donors (Lipinski definition) is 1. The smallest absolute Gasteiger partial charge is 0.237 e. The molecule has 2 aliphatic heterocycles. The number of benzene rings is 1. The van der Waals surface area contributed by atoms with Crippen LogP contribution in [0.25, 0.3) is 0 Å². The summed E-state index contributed by atoms with van der Waals surface area (Å²) in [6, 6.07) is 11.8. The lowest BCUT2D eigenvalue weighted by Crippen LogP contribution is -2.49. The number of nitrogens with zero attached hydrogens (tertiary/aromatic N) is 2. The molecule has 7 heteroatoms. The number of aliphatic hydroxyl groups is 1. The van der Waals surface area contributed by atoms with Crippen molar-refractivity contribution in [1.29, 1.82) is 0 Å². The minimum Gasteiger partial charge on any atom is -0.491 e. The van der Waals surface area contributed by atoms with Crippen molar-refractivity contribution < 1.29 is 19.4 Å². The molecular formula is C25H34N2O4S. The first kappa shape index (κ1) is 23.2. The topological polar surface area (TPSA) is 62.2 Å². The summed E-state index contributed by atoms with van der Waals surface area (Å²) in [5.41, 5.74) is 1.20. The van der Waals surface area contributed by atoms with Gasteiger partial charge in [0.1, 0.15) is 12.4 Å². The summed E-state index contributed by atoms with van der Waals surface area (Å²) in [5, 5.41) is 12.4. The first-order chi connectivity index (χ1) is 15.6. The minimum atomic E-state index is -0.439. The molecule has 3 unspecified atom stereocenters. The summed E-state index contributed by atoms with van der Waals surface area (Å²) in [4.78, 5) is 18.9. The molecule has 1 saturated heterocycles. The molecule has 2 aromatic rings. The van der Waals surface area contributed by atoms with E-state index in [9.17, 15) is 9.90 Å². The summed E-state index contributed by atoms with van der Waals surface area (Å²) in [5.74, 6) is 0.901. The Labute approximate surface area is 194 Å². The minimum absolute atomic E-state index is 0.0878. The maximum Gasteiger partial charge on any atom is 0.237 e. The first-order valence-electron chi connectivity index (χ1n) is 11.7. The predicted molar refractivity (Wildman–Crippen MR) is 126 cm³/mol. The molecular weight excluding hydrogens is 424 g/mol. The van der Waals surface area contributed by atoms with Crippen molar-refractivity contribution in [2.45, 2.75) is 50.9 Å². The Kier molecular flexibility index (Phi) is 8.19. The number of hydrogen-bond acceptors (Lipinski definition) is 6. The zero-order valence-electron chi connectivity index (χ0n) is 18.8. The fourth-order valence-corrected chi connectivity index (χ4v) is 5.48. The fourth-order valence-electron chi connectivity index (χ4n) is 4.56. The Bertz CT molecular complexity index is 853. The molecule has 174 valence electrons. The molecule has 3 atom stereocenters. The zero-order chi connectivity index (χ0) is 22.3. The molecule has 6 nitrogen and oxygen atoms in total.